The highest BCUT2D eigenvalue weighted by atomic mass is 32.2. The third kappa shape index (κ3) is 2.70. The molecule has 0 spiro atoms. The molecule has 0 saturated heterocycles. The van der Waals surface area contributed by atoms with E-state index in [1.54, 1.807) is 4.57 Å². The van der Waals surface area contributed by atoms with Gasteiger partial charge in [0, 0.05) is 18.4 Å². The van der Waals surface area contributed by atoms with Crippen LogP contribution in [0.2, 0.25) is 0 Å². The smallest absolute Gasteiger partial charge is 0.191 e. The molecule has 0 fully saturated rings. The maximum absolute atomic E-state index is 10.4. The lowest BCUT2D eigenvalue weighted by Gasteiger charge is -2.04. The number of thioether (sulfide) groups is 1. The van der Waals surface area contributed by atoms with Crippen LogP contribution in [-0.4, -0.2) is 26.5 Å². The fourth-order valence-corrected chi connectivity index (χ4v) is 2.23. The third-order valence-electron chi connectivity index (χ3n) is 2.43. The number of carboxylic acids is 1. The van der Waals surface area contributed by atoms with Gasteiger partial charge in [0.15, 0.2) is 11.0 Å². The Labute approximate surface area is 109 Å². The largest absolute Gasteiger partial charge is 0.549 e. The van der Waals surface area contributed by atoms with Crippen LogP contribution in [0.4, 0.5) is 0 Å². The molecule has 0 bridgehead atoms. The van der Waals surface area contributed by atoms with Crippen LogP contribution in [0.25, 0.3) is 11.4 Å². The van der Waals surface area contributed by atoms with Gasteiger partial charge >= 0.3 is 0 Å². The van der Waals surface area contributed by atoms with Crippen molar-refractivity contribution in [2.24, 2.45) is 7.05 Å². The maximum atomic E-state index is 10.4. The summed E-state index contributed by atoms with van der Waals surface area (Å²) < 4.78 is 1.78. The summed E-state index contributed by atoms with van der Waals surface area (Å²) in [6.45, 7) is 2.01. The fourth-order valence-electron chi connectivity index (χ4n) is 1.60. The number of carboxylic acid groups (broad SMARTS) is 1. The zero-order valence-corrected chi connectivity index (χ0v) is 10.9. The van der Waals surface area contributed by atoms with Crippen molar-refractivity contribution in [2.75, 3.05) is 5.75 Å². The van der Waals surface area contributed by atoms with Gasteiger partial charge in [-0.1, -0.05) is 35.5 Å². The second-order valence-corrected chi connectivity index (χ2v) is 4.84. The van der Waals surface area contributed by atoms with Crippen LogP contribution in [0, 0.1) is 6.92 Å². The monoisotopic (exact) mass is 262 g/mol. The van der Waals surface area contributed by atoms with Gasteiger partial charge in [0.2, 0.25) is 0 Å². The first-order valence-electron chi connectivity index (χ1n) is 5.37. The molecule has 0 amide bonds. The van der Waals surface area contributed by atoms with Gasteiger partial charge in [-0.25, -0.2) is 0 Å². The second-order valence-electron chi connectivity index (χ2n) is 3.90. The van der Waals surface area contributed by atoms with Gasteiger partial charge in [-0.05, 0) is 13.0 Å². The van der Waals surface area contributed by atoms with Crippen LogP contribution in [0.5, 0.6) is 0 Å². The first-order valence-corrected chi connectivity index (χ1v) is 6.35. The molecular weight excluding hydrogens is 250 g/mol. The number of aryl methyl sites for hydroxylation is 1. The van der Waals surface area contributed by atoms with E-state index in [2.05, 4.69) is 10.2 Å². The lowest BCUT2D eigenvalue weighted by atomic mass is 10.1. The minimum absolute atomic E-state index is 0.125. The highest BCUT2D eigenvalue weighted by Gasteiger charge is 2.10. The Morgan fingerprint density at radius 3 is 2.89 bits per heavy atom. The summed E-state index contributed by atoms with van der Waals surface area (Å²) in [6, 6.07) is 7.92. The number of hydrogen-bond donors (Lipinski definition) is 0. The molecule has 2 aromatic rings. The predicted octanol–water partition coefficient (Wildman–Crippen LogP) is 0.633. The van der Waals surface area contributed by atoms with Crippen molar-refractivity contribution in [1.82, 2.24) is 14.8 Å². The van der Waals surface area contributed by atoms with Crippen LogP contribution >= 0.6 is 11.8 Å². The number of hydrogen-bond acceptors (Lipinski definition) is 5. The van der Waals surface area contributed by atoms with E-state index in [0.29, 0.717) is 5.16 Å². The molecule has 94 valence electrons. The number of nitrogens with zero attached hydrogens (tertiary/aromatic N) is 3. The third-order valence-corrected chi connectivity index (χ3v) is 3.42. The van der Waals surface area contributed by atoms with Crippen molar-refractivity contribution >= 4 is 17.7 Å². The molecule has 18 heavy (non-hydrogen) atoms. The molecule has 0 atom stereocenters. The molecular formula is C12H12N3O2S-. The molecule has 1 aromatic carbocycles. The number of carbonyl (C=O) groups excluding carboxylic acids is 1. The van der Waals surface area contributed by atoms with Gasteiger partial charge < -0.3 is 14.5 Å². The summed E-state index contributed by atoms with van der Waals surface area (Å²) >= 11 is 1.10. The van der Waals surface area contributed by atoms with Crippen LogP contribution in [0.3, 0.4) is 0 Å². The highest BCUT2D eigenvalue weighted by molar-refractivity contribution is 7.99. The van der Waals surface area contributed by atoms with Crippen molar-refractivity contribution in [3.63, 3.8) is 0 Å². The van der Waals surface area contributed by atoms with E-state index in [9.17, 15) is 9.90 Å². The van der Waals surface area contributed by atoms with Crippen molar-refractivity contribution < 1.29 is 9.90 Å². The zero-order valence-electron chi connectivity index (χ0n) is 10.1. The van der Waals surface area contributed by atoms with Crippen molar-refractivity contribution in [3.05, 3.63) is 29.8 Å². The van der Waals surface area contributed by atoms with E-state index < -0.39 is 5.97 Å². The summed E-state index contributed by atoms with van der Waals surface area (Å²) in [5.74, 6) is -0.514. The van der Waals surface area contributed by atoms with E-state index in [1.165, 1.54) is 0 Å². The summed E-state index contributed by atoms with van der Waals surface area (Å²) in [5, 5.41) is 19.0. The molecule has 0 aliphatic heterocycles. The summed E-state index contributed by atoms with van der Waals surface area (Å²) in [5.41, 5.74) is 2.10. The van der Waals surface area contributed by atoms with E-state index >= 15 is 0 Å². The Bertz CT molecular complexity index is 580. The number of rotatable bonds is 4. The summed E-state index contributed by atoms with van der Waals surface area (Å²) in [4.78, 5) is 10.4. The van der Waals surface area contributed by atoms with Gasteiger partial charge in [-0.2, -0.15) is 0 Å². The first-order chi connectivity index (χ1) is 8.58. The number of aromatic nitrogens is 3. The Hall–Kier alpha value is -1.82. The van der Waals surface area contributed by atoms with Gasteiger partial charge in [0.1, 0.15) is 0 Å². The molecule has 6 heteroatoms. The zero-order chi connectivity index (χ0) is 13.1. The topological polar surface area (TPSA) is 70.8 Å². The summed E-state index contributed by atoms with van der Waals surface area (Å²) in [6.07, 6.45) is 0. The van der Waals surface area contributed by atoms with Crippen LogP contribution in [0.1, 0.15) is 5.56 Å². The molecule has 0 aliphatic carbocycles. The molecule has 0 unspecified atom stereocenters. The van der Waals surface area contributed by atoms with E-state index in [4.69, 9.17) is 0 Å². The fraction of sp³-hybridized carbons (Fsp3) is 0.250. The Morgan fingerprint density at radius 1 is 1.44 bits per heavy atom. The van der Waals surface area contributed by atoms with E-state index in [0.717, 1.165) is 28.7 Å². The molecule has 1 aromatic heterocycles. The van der Waals surface area contributed by atoms with Crippen LogP contribution in [-0.2, 0) is 11.8 Å². The quantitative estimate of drug-likeness (QED) is 0.756. The molecule has 1 heterocycles. The SMILES string of the molecule is Cc1cccc(-c2nnc(SCC(=O)[O-])n2C)c1. The van der Waals surface area contributed by atoms with Gasteiger partial charge in [-0.3, -0.25) is 0 Å². The summed E-state index contributed by atoms with van der Waals surface area (Å²) in [7, 11) is 1.81. The Kier molecular flexibility index (Phi) is 3.66. The number of benzene rings is 1. The maximum Gasteiger partial charge on any atom is 0.191 e. The van der Waals surface area contributed by atoms with Crippen molar-refractivity contribution in [2.45, 2.75) is 12.1 Å². The van der Waals surface area contributed by atoms with Crippen molar-refractivity contribution in [1.29, 1.82) is 0 Å². The van der Waals surface area contributed by atoms with E-state index in [1.807, 2.05) is 38.2 Å². The van der Waals surface area contributed by atoms with Gasteiger partial charge in [-0.15, -0.1) is 10.2 Å². The van der Waals surface area contributed by atoms with Crippen LogP contribution < -0.4 is 5.11 Å². The minimum atomic E-state index is -1.11. The lowest BCUT2D eigenvalue weighted by Crippen LogP contribution is -2.24. The first kappa shape index (κ1) is 12.6. The van der Waals surface area contributed by atoms with Gasteiger partial charge in [0.25, 0.3) is 0 Å². The highest BCUT2D eigenvalue weighted by Crippen LogP contribution is 2.22. The van der Waals surface area contributed by atoms with Gasteiger partial charge in [0.05, 0.1) is 5.97 Å². The number of aliphatic carboxylic acids is 1. The molecule has 0 N–H and O–H groups in total. The average molecular weight is 262 g/mol. The molecule has 0 saturated carbocycles. The number of carbonyl (C=O) groups is 1. The van der Waals surface area contributed by atoms with E-state index in [-0.39, 0.29) is 5.75 Å². The average Bonchev–Trinajstić information content (AvgIpc) is 2.68. The Morgan fingerprint density at radius 2 is 2.22 bits per heavy atom. The van der Waals surface area contributed by atoms with Crippen molar-refractivity contribution in [3.8, 4) is 11.4 Å². The molecule has 0 aliphatic rings. The molecule has 2 rings (SSSR count). The normalized spacial score (nSPS) is 10.6. The molecule has 5 nitrogen and oxygen atoms in total. The minimum Gasteiger partial charge on any atom is -0.549 e. The standard InChI is InChI=1S/C12H13N3O2S/c1-8-4-3-5-9(6-8)11-13-14-12(15(11)2)18-7-10(16)17/h3-6H,7H2,1-2H3,(H,16,17)/p-1. The predicted molar refractivity (Wildman–Crippen MR) is 66.9 cm³/mol. The van der Waals surface area contributed by atoms with Crippen LogP contribution in [0.15, 0.2) is 29.4 Å². The molecule has 0 radical (unpaired) electrons. The second kappa shape index (κ2) is 5.22. The lowest BCUT2D eigenvalue weighted by molar-refractivity contribution is -0.301. The Balaban J connectivity index is 2.28.